The molecule has 88 valence electrons. The van der Waals surface area contributed by atoms with Crippen LogP contribution in [0.3, 0.4) is 0 Å². The van der Waals surface area contributed by atoms with Gasteiger partial charge in [0.25, 0.3) is 0 Å². The zero-order valence-electron chi connectivity index (χ0n) is 9.50. The van der Waals surface area contributed by atoms with Gasteiger partial charge in [-0.2, -0.15) is 0 Å². The van der Waals surface area contributed by atoms with Crippen LogP contribution in [0.4, 0.5) is 8.78 Å². The molecule has 16 heavy (non-hydrogen) atoms. The molecule has 1 aromatic rings. The van der Waals surface area contributed by atoms with Crippen LogP contribution in [0, 0.1) is 17.0 Å². The third-order valence-electron chi connectivity index (χ3n) is 4.13. The van der Waals surface area contributed by atoms with E-state index in [1.165, 1.54) is 18.2 Å². The van der Waals surface area contributed by atoms with Gasteiger partial charge in [0.2, 0.25) is 0 Å². The van der Waals surface area contributed by atoms with Crippen molar-refractivity contribution in [2.24, 2.45) is 5.41 Å². The van der Waals surface area contributed by atoms with Crippen LogP contribution >= 0.6 is 0 Å². The van der Waals surface area contributed by atoms with Crippen LogP contribution in [0.1, 0.15) is 38.2 Å². The molecule has 0 saturated heterocycles. The second-order valence-electron chi connectivity index (χ2n) is 4.80. The molecule has 2 rings (SSSR count). The van der Waals surface area contributed by atoms with E-state index in [0.29, 0.717) is 12.8 Å². The fraction of sp³-hybridized carbons (Fsp3) is 0.538. The molecule has 3 atom stereocenters. The number of hydrogen-bond donors (Lipinski definition) is 1. The van der Waals surface area contributed by atoms with Crippen molar-refractivity contribution in [3.63, 3.8) is 0 Å². The van der Waals surface area contributed by atoms with E-state index in [4.69, 9.17) is 0 Å². The summed E-state index contributed by atoms with van der Waals surface area (Å²) < 4.78 is 27.2. The molecule has 0 bridgehead atoms. The molecule has 1 nitrogen and oxygen atoms in total. The van der Waals surface area contributed by atoms with Crippen LogP contribution in [0.25, 0.3) is 0 Å². The molecule has 1 aliphatic carbocycles. The molecular weight excluding hydrogens is 210 g/mol. The topological polar surface area (TPSA) is 20.2 Å². The Balaban J connectivity index is 2.40. The van der Waals surface area contributed by atoms with E-state index in [0.717, 1.165) is 0 Å². The lowest BCUT2D eigenvalue weighted by atomic mass is 9.55. The summed E-state index contributed by atoms with van der Waals surface area (Å²) in [6.45, 7) is 3.83. The Bertz CT molecular complexity index is 385. The van der Waals surface area contributed by atoms with Gasteiger partial charge in [0.1, 0.15) is 11.6 Å². The summed E-state index contributed by atoms with van der Waals surface area (Å²) in [5.74, 6) is -1.22. The van der Waals surface area contributed by atoms with Crippen molar-refractivity contribution in [1.82, 2.24) is 0 Å². The first-order valence-corrected chi connectivity index (χ1v) is 5.62. The molecular formula is C13H16F2O. The average molecular weight is 226 g/mol. The molecule has 0 radical (unpaired) electrons. The molecule has 0 heterocycles. The zero-order chi connectivity index (χ0) is 11.9. The van der Waals surface area contributed by atoms with Gasteiger partial charge in [0.15, 0.2) is 0 Å². The summed E-state index contributed by atoms with van der Waals surface area (Å²) in [6.07, 6.45) is 0.705. The highest BCUT2D eigenvalue weighted by Crippen LogP contribution is 2.55. The van der Waals surface area contributed by atoms with Gasteiger partial charge in [-0.15, -0.1) is 0 Å². The van der Waals surface area contributed by atoms with Crippen molar-refractivity contribution < 1.29 is 13.9 Å². The van der Waals surface area contributed by atoms with E-state index in [1.807, 2.05) is 13.8 Å². The Kier molecular flexibility index (Phi) is 2.74. The van der Waals surface area contributed by atoms with Crippen LogP contribution in [0.5, 0.6) is 0 Å². The van der Waals surface area contributed by atoms with Gasteiger partial charge in [0, 0.05) is 11.0 Å². The minimum absolute atomic E-state index is 0.136. The van der Waals surface area contributed by atoms with E-state index in [-0.39, 0.29) is 11.5 Å². The summed E-state index contributed by atoms with van der Waals surface area (Å²) in [7, 11) is 0. The Labute approximate surface area is 94.1 Å². The van der Waals surface area contributed by atoms with Crippen molar-refractivity contribution in [2.45, 2.75) is 38.7 Å². The minimum atomic E-state index is -0.503. The van der Waals surface area contributed by atoms with E-state index >= 15 is 0 Å². The van der Waals surface area contributed by atoms with Gasteiger partial charge in [-0.1, -0.05) is 19.9 Å². The van der Waals surface area contributed by atoms with Crippen molar-refractivity contribution in [2.75, 3.05) is 0 Å². The second-order valence-corrected chi connectivity index (χ2v) is 4.80. The summed E-state index contributed by atoms with van der Waals surface area (Å²) in [5, 5.41) is 9.74. The van der Waals surface area contributed by atoms with Crippen LogP contribution in [-0.4, -0.2) is 11.2 Å². The summed E-state index contributed by atoms with van der Waals surface area (Å²) in [6, 6.07) is 3.92. The molecule has 1 N–H and O–H groups in total. The Morgan fingerprint density at radius 3 is 2.38 bits per heavy atom. The van der Waals surface area contributed by atoms with Crippen LogP contribution in [0.2, 0.25) is 0 Å². The third-order valence-corrected chi connectivity index (χ3v) is 4.13. The minimum Gasteiger partial charge on any atom is -0.393 e. The average Bonchev–Trinajstić information content (AvgIpc) is 2.26. The van der Waals surface area contributed by atoms with Gasteiger partial charge in [-0.05, 0) is 30.9 Å². The fourth-order valence-corrected chi connectivity index (χ4v) is 2.61. The molecule has 1 fully saturated rings. The number of rotatable bonds is 2. The number of aliphatic hydroxyl groups excluding tert-OH is 1. The van der Waals surface area contributed by atoms with Crippen molar-refractivity contribution in [3.8, 4) is 0 Å². The van der Waals surface area contributed by atoms with Gasteiger partial charge in [-0.3, -0.25) is 0 Å². The van der Waals surface area contributed by atoms with Crippen LogP contribution in [-0.2, 0) is 0 Å². The SMILES string of the molecule is CCC1(C)C(O)CC1c1c(F)cccc1F. The predicted octanol–water partition coefficient (Wildman–Crippen LogP) is 3.23. The monoisotopic (exact) mass is 226 g/mol. The number of halogens is 2. The highest BCUT2D eigenvalue weighted by molar-refractivity contribution is 5.30. The highest BCUT2D eigenvalue weighted by Gasteiger charge is 2.51. The number of hydrogen-bond acceptors (Lipinski definition) is 1. The standard InChI is InChI=1S/C13H16F2O/c1-3-13(2)8(7-11(13)16)12-9(14)5-4-6-10(12)15/h4-6,8,11,16H,3,7H2,1-2H3. The molecule has 0 spiro atoms. The van der Waals surface area contributed by atoms with E-state index in [9.17, 15) is 13.9 Å². The highest BCUT2D eigenvalue weighted by atomic mass is 19.1. The Morgan fingerprint density at radius 2 is 1.94 bits per heavy atom. The lowest BCUT2D eigenvalue weighted by molar-refractivity contribution is -0.0797. The molecule has 0 aliphatic heterocycles. The van der Waals surface area contributed by atoms with Crippen LogP contribution in [0.15, 0.2) is 18.2 Å². The molecule has 3 unspecified atom stereocenters. The Morgan fingerprint density at radius 1 is 1.38 bits per heavy atom. The number of aliphatic hydroxyl groups is 1. The van der Waals surface area contributed by atoms with Crippen molar-refractivity contribution in [3.05, 3.63) is 35.4 Å². The van der Waals surface area contributed by atoms with E-state index in [2.05, 4.69) is 0 Å². The molecule has 1 saturated carbocycles. The smallest absolute Gasteiger partial charge is 0.129 e. The molecule has 3 heteroatoms. The predicted molar refractivity (Wildman–Crippen MR) is 58.1 cm³/mol. The summed E-state index contributed by atoms with van der Waals surface area (Å²) >= 11 is 0. The zero-order valence-corrected chi connectivity index (χ0v) is 9.50. The lowest BCUT2D eigenvalue weighted by Crippen LogP contribution is -2.49. The summed E-state index contributed by atoms with van der Waals surface area (Å²) in [4.78, 5) is 0. The first kappa shape index (κ1) is 11.5. The Hall–Kier alpha value is -0.960. The normalized spacial score (nSPS) is 33.6. The van der Waals surface area contributed by atoms with Crippen molar-refractivity contribution in [1.29, 1.82) is 0 Å². The van der Waals surface area contributed by atoms with Gasteiger partial charge in [-0.25, -0.2) is 8.78 Å². The van der Waals surface area contributed by atoms with Crippen molar-refractivity contribution >= 4 is 0 Å². The lowest BCUT2D eigenvalue weighted by Gasteiger charge is -2.51. The van der Waals surface area contributed by atoms with Gasteiger partial charge < -0.3 is 5.11 Å². The first-order chi connectivity index (χ1) is 7.50. The maximum atomic E-state index is 13.6. The second kappa shape index (κ2) is 3.81. The molecule has 1 aromatic carbocycles. The number of benzene rings is 1. The fourth-order valence-electron chi connectivity index (χ4n) is 2.61. The van der Waals surface area contributed by atoms with Crippen LogP contribution < -0.4 is 0 Å². The maximum absolute atomic E-state index is 13.6. The van der Waals surface area contributed by atoms with Gasteiger partial charge in [0.05, 0.1) is 6.10 Å². The largest absolute Gasteiger partial charge is 0.393 e. The van der Waals surface area contributed by atoms with E-state index in [1.54, 1.807) is 0 Å². The quantitative estimate of drug-likeness (QED) is 0.820. The van der Waals surface area contributed by atoms with E-state index < -0.39 is 23.2 Å². The van der Waals surface area contributed by atoms with Gasteiger partial charge >= 0.3 is 0 Å². The maximum Gasteiger partial charge on any atom is 0.129 e. The molecule has 0 amide bonds. The molecule has 0 aromatic heterocycles. The third kappa shape index (κ3) is 1.46. The molecule has 1 aliphatic rings. The summed E-state index contributed by atoms with van der Waals surface area (Å²) in [5.41, 5.74) is -0.264. The first-order valence-electron chi connectivity index (χ1n) is 5.62.